The minimum atomic E-state index is -0.608. The first-order valence-corrected chi connectivity index (χ1v) is 6.36. The molecule has 19 heavy (non-hydrogen) atoms. The first-order valence-electron chi connectivity index (χ1n) is 6.36. The number of nitrogens with zero attached hydrogens (tertiary/aromatic N) is 1. The van der Waals surface area contributed by atoms with Crippen LogP contribution in [0, 0.1) is 0 Å². The van der Waals surface area contributed by atoms with Crippen molar-refractivity contribution < 1.29 is 28.8 Å². The Hall–Kier alpha value is -0.730. The first kappa shape index (κ1) is 14.7. The highest BCUT2D eigenvalue weighted by Crippen LogP contribution is 2.32. The molecular formula is C12H21NO6. The molecule has 2 rings (SSSR count). The van der Waals surface area contributed by atoms with Crippen molar-refractivity contribution in [2.45, 2.75) is 37.2 Å². The van der Waals surface area contributed by atoms with Crippen molar-refractivity contribution in [3.05, 3.63) is 0 Å². The summed E-state index contributed by atoms with van der Waals surface area (Å²) in [5.74, 6) is -0.0571. The Balaban J connectivity index is 2.05. The summed E-state index contributed by atoms with van der Waals surface area (Å²) in [5.41, 5.74) is 0. The van der Waals surface area contributed by atoms with E-state index < -0.39 is 6.10 Å². The SMILES string of the molecule is COCO[C@@H]1[C@H]2C[C@@H](O)CC(=O)N2C[C@H]1OCOC. The molecule has 0 unspecified atom stereocenters. The molecular weight excluding hydrogens is 254 g/mol. The summed E-state index contributed by atoms with van der Waals surface area (Å²) >= 11 is 0. The fraction of sp³-hybridized carbons (Fsp3) is 0.917. The zero-order valence-electron chi connectivity index (χ0n) is 11.3. The van der Waals surface area contributed by atoms with Crippen molar-refractivity contribution in [2.24, 2.45) is 0 Å². The van der Waals surface area contributed by atoms with Crippen molar-refractivity contribution in [3.8, 4) is 0 Å². The summed E-state index contributed by atoms with van der Waals surface area (Å²) in [6.07, 6.45) is -0.482. The van der Waals surface area contributed by atoms with E-state index in [1.54, 1.807) is 19.1 Å². The molecule has 7 nitrogen and oxygen atoms in total. The van der Waals surface area contributed by atoms with Gasteiger partial charge in [0.15, 0.2) is 0 Å². The molecule has 0 spiro atoms. The number of piperidine rings is 1. The maximum atomic E-state index is 11.9. The fourth-order valence-corrected chi connectivity index (χ4v) is 2.76. The summed E-state index contributed by atoms with van der Waals surface area (Å²) in [6, 6.07) is -0.159. The predicted octanol–water partition coefficient (Wildman–Crippen LogP) is -0.670. The number of aliphatic hydroxyl groups excluding tert-OH is 1. The van der Waals surface area contributed by atoms with Gasteiger partial charge < -0.3 is 29.0 Å². The highest BCUT2D eigenvalue weighted by molar-refractivity contribution is 5.78. The van der Waals surface area contributed by atoms with Crippen molar-refractivity contribution in [1.29, 1.82) is 0 Å². The summed E-state index contributed by atoms with van der Waals surface area (Å²) in [7, 11) is 3.08. The van der Waals surface area contributed by atoms with Gasteiger partial charge in [0, 0.05) is 14.2 Å². The molecule has 1 N–H and O–H groups in total. The number of ether oxygens (including phenoxy) is 4. The molecule has 4 atom stereocenters. The van der Waals surface area contributed by atoms with Gasteiger partial charge in [-0.15, -0.1) is 0 Å². The van der Waals surface area contributed by atoms with Crippen LogP contribution in [0.4, 0.5) is 0 Å². The van der Waals surface area contributed by atoms with Crippen LogP contribution in [-0.4, -0.2) is 74.6 Å². The van der Waals surface area contributed by atoms with E-state index in [-0.39, 0.29) is 44.2 Å². The zero-order valence-corrected chi connectivity index (χ0v) is 11.3. The highest BCUT2D eigenvalue weighted by Gasteiger charge is 2.48. The number of carbonyl (C=O) groups is 1. The molecule has 7 heteroatoms. The van der Waals surface area contributed by atoms with Gasteiger partial charge in [0.1, 0.15) is 25.8 Å². The van der Waals surface area contributed by atoms with E-state index in [0.717, 1.165) is 0 Å². The van der Waals surface area contributed by atoms with Crippen LogP contribution in [0.5, 0.6) is 0 Å². The normalized spacial score (nSPS) is 34.7. The lowest BCUT2D eigenvalue weighted by atomic mass is 9.97. The van der Waals surface area contributed by atoms with Crippen LogP contribution in [-0.2, 0) is 23.7 Å². The number of methoxy groups -OCH3 is 2. The molecule has 110 valence electrons. The summed E-state index contributed by atoms with van der Waals surface area (Å²) < 4.78 is 21.0. The van der Waals surface area contributed by atoms with Crippen molar-refractivity contribution in [2.75, 3.05) is 34.4 Å². The van der Waals surface area contributed by atoms with E-state index in [1.165, 1.54) is 0 Å². The molecule has 1 amide bonds. The molecule has 0 aromatic rings. The lowest BCUT2D eigenvalue weighted by Gasteiger charge is -2.34. The van der Waals surface area contributed by atoms with E-state index >= 15 is 0 Å². The van der Waals surface area contributed by atoms with Gasteiger partial charge in [-0.1, -0.05) is 0 Å². The Kier molecular flexibility index (Phi) is 5.12. The molecule has 0 aromatic heterocycles. The van der Waals surface area contributed by atoms with Gasteiger partial charge in [0.2, 0.25) is 5.91 Å². The predicted molar refractivity (Wildman–Crippen MR) is 64.2 cm³/mol. The molecule has 2 saturated heterocycles. The van der Waals surface area contributed by atoms with Gasteiger partial charge in [-0.2, -0.15) is 0 Å². The zero-order chi connectivity index (χ0) is 13.8. The third kappa shape index (κ3) is 3.24. The van der Waals surface area contributed by atoms with Crippen LogP contribution in [0.1, 0.15) is 12.8 Å². The Morgan fingerprint density at radius 2 is 1.95 bits per heavy atom. The molecule has 2 aliphatic rings. The minimum Gasteiger partial charge on any atom is -0.393 e. The molecule has 2 heterocycles. The average molecular weight is 275 g/mol. The monoisotopic (exact) mass is 275 g/mol. The summed E-state index contributed by atoms with van der Waals surface area (Å²) in [5, 5.41) is 9.73. The van der Waals surface area contributed by atoms with Crippen LogP contribution in [0.25, 0.3) is 0 Å². The molecule has 2 aliphatic heterocycles. The number of fused-ring (bicyclic) bond motifs is 1. The third-order valence-corrected chi connectivity index (χ3v) is 3.55. The van der Waals surface area contributed by atoms with Crippen LogP contribution in [0.2, 0.25) is 0 Å². The van der Waals surface area contributed by atoms with E-state index in [0.29, 0.717) is 13.0 Å². The van der Waals surface area contributed by atoms with E-state index in [1.807, 2.05) is 0 Å². The number of carbonyl (C=O) groups excluding carboxylic acids is 1. The molecule has 2 fully saturated rings. The van der Waals surface area contributed by atoms with Gasteiger partial charge in [0.25, 0.3) is 0 Å². The third-order valence-electron chi connectivity index (χ3n) is 3.55. The first-order chi connectivity index (χ1) is 9.17. The summed E-state index contributed by atoms with van der Waals surface area (Å²) in [6.45, 7) is 0.745. The second-order valence-electron chi connectivity index (χ2n) is 4.86. The molecule has 0 aromatic carbocycles. The van der Waals surface area contributed by atoms with Gasteiger partial charge >= 0.3 is 0 Å². The smallest absolute Gasteiger partial charge is 0.225 e. The number of hydrogen-bond donors (Lipinski definition) is 1. The van der Waals surface area contributed by atoms with Gasteiger partial charge in [-0.05, 0) is 6.42 Å². The quantitative estimate of drug-likeness (QED) is 0.648. The largest absolute Gasteiger partial charge is 0.393 e. The Morgan fingerprint density at radius 3 is 2.63 bits per heavy atom. The Bertz CT molecular complexity index is 313. The molecule has 0 radical (unpaired) electrons. The lowest BCUT2D eigenvalue weighted by molar-refractivity contribution is -0.153. The van der Waals surface area contributed by atoms with Crippen LogP contribution < -0.4 is 0 Å². The lowest BCUT2D eigenvalue weighted by Crippen LogP contribution is -2.48. The number of aliphatic hydroxyl groups is 1. The Morgan fingerprint density at radius 1 is 1.26 bits per heavy atom. The Labute approximate surface area is 112 Å². The minimum absolute atomic E-state index is 0.0571. The molecule has 0 saturated carbocycles. The molecule has 0 bridgehead atoms. The summed E-state index contributed by atoms with van der Waals surface area (Å²) in [4.78, 5) is 13.6. The number of rotatable bonds is 6. The van der Waals surface area contributed by atoms with Gasteiger partial charge in [-0.25, -0.2) is 0 Å². The molecule has 0 aliphatic carbocycles. The van der Waals surface area contributed by atoms with Crippen molar-refractivity contribution >= 4 is 5.91 Å². The van der Waals surface area contributed by atoms with E-state index in [4.69, 9.17) is 18.9 Å². The average Bonchev–Trinajstić information content (AvgIpc) is 2.72. The topological polar surface area (TPSA) is 77.5 Å². The second kappa shape index (κ2) is 6.62. The van der Waals surface area contributed by atoms with Gasteiger partial charge in [-0.3, -0.25) is 4.79 Å². The maximum Gasteiger partial charge on any atom is 0.225 e. The van der Waals surface area contributed by atoms with Crippen molar-refractivity contribution in [1.82, 2.24) is 4.90 Å². The van der Waals surface area contributed by atoms with Crippen molar-refractivity contribution in [3.63, 3.8) is 0 Å². The van der Waals surface area contributed by atoms with Crippen LogP contribution in [0.15, 0.2) is 0 Å². The van der Waals surface area contributed by atoms with Gasteiger partial charge in [0.05, 0.1) is 25.1 Å². The second-order valence-corrected chi connectivity index (χ2v) is 4.86. The number of amides is 1. The highest BCUT2D eigenvalue weighted by atomic mass is 16.7. The standard InChI is InChI=1S/C12H21NO6/c1-16-6-18-10-5-13-9(12(10)19-7-17-2)3-8(14)4-11(13)15/h8-10,12,14H,3-7H2,1-2H3/t8-,9-,10-,12-/m1/s1. The van der Waals surface area contributed by atoms with E-state index in [2.05, 4.69) is 0 Å². The van der Waals surface area contributed by atoms with E-state index in [9.17, 15) is 9.90 Å². The van der Waals surface area contributed by atoms with Crippen LogP contribution in [0.3, 0.4) is 0 Å². The fourth-order valence-electron chi connectivity index (χ4n) is 2.76. The number of hydrogen-bond acceptors (Lipinski definition) is 6. The van der Waals surface area contributed by atoms with Crippen LogP contribution >= 0.6 is 0 Å². The maximum absolute atomic E-state index is 11.9.